The number of pyridine rings is 1. The van der Waals surface area contributed by atoms with Crippen LogP contribution in [0.3, 0.4) is 0 Å². The van der Waals surface area contributed by atoms with Crippen molar-refractivity contribution in [1.29, 1.82) is 0 Å². The van der Waals surface area contributed by atoms with Crippen LogP contribution in [-0.2, 0) is 6.54 Å². The zero-order valence-corrected chi connectivity index (χ0v) is 17.5. The number of aromatic carboxylic acids is 1. The number of carbonyl (C=O) groups is 2. The van der Waals surface area contributed by atoms with Gasteiger partial charge in [-0.15, -0.1) is 11.3 Å². The number of carboxylic acid groups (broad SMARTS) is 1. The second-order valence-corrected chi connectivity index (χ2v) is 8.23. The Labute approximate surface area is 178 Å². The Hall–Kier alpha value is -3.20. The van der Waals surface area contributed by atoms with E-state index in [1.165, 1.54) is 37.6 Å². The van der Waals surface area contributed by atoms with Crippen LogP contribution >= 0.6 is 11.3 Å². The minimum absolute atomic E-state index is 0.0692. The van der Waals surface area contributed by atoms with Crippen LogP contribution in [0.1, 0.15) is 51.5 Å². The fraction of sp³-hybridized carbons (Fsp3) is 0.333. The molecule has 0 bridgehead atoms. The van der Waals surface area contributed by atoms with Crippen molar-refractivity contribution in [2.24, 2.45) is 0 Å². The number of carboxylic acids is 1. The lowest BCUT2D eigenvalue weighted by atomic mass is 10.1. The number of piperidine rings is 1. The van der Waals surface area contributed by atoms with Gasteiger partial charge in [-0.05, 0) is 49.9 Å². The number of aromatic nitrogens is 3. The van der Waals surface area contributed by atoms with Crippen molar-refractivity contribution in [2.75, 3.05) is 23.3 Å². The van der Waals surface area contributed by atoms with Gasteiger partial charge >= 0.3 is 5.97 Å². The maximum atomic E-state index is 12.8. The topological polar surface area (TPSA) is 100 Å². The second-order valence-electron chi connectivity index (χ2n) is 7.39. The summed E-state index contributed by atoms with van der Waals surface area (Å²) in [4.78, 5) is 34.7. The van der Waals surface area contributed by atoms with E-state index < -0.39 is 5.97 Å². The van der Waals surface area contributed by atoms with Crippen molar-refractivity contribution in [3.05, 3.63) is 58.6 Å². The first-order valence-electron chi connectivity index (χ1n) is 9.86. The molecule has 4 heterocycles. The van der Waals surface area contributed by atoms with Crippen LogP contribution in [0.4, 0.5) is 10.8 Å². The monoisotopic (exact) mass is 425 g/mol. The zero-order chi connectivity index (χ0) is 21.1. The second kappa shape index (κ2) is 8.66. The Morgan fingerprint density at radius 3 is 2.73 bits per heavy atom. The van der Waals surface area contributed by atoms with Gasteiger partial charge in [-0.2, -0.15) is 0 Å². The van der Waals surface area contributed by atoms with Gasteiger partial charge in [0.05, 0.1) is 24.1 Å². The summed E-state index contributed by atoms with van der Waals surface area (Å²) >= 11 is 1.65. The molecule has 9 heteroatoms. The third-order valence-corrected chi connectivity index (χ3v) is 5.96. The molecule has 0 aromatic carbocycles. The van der Waals surface area contributed by atoms with E-state index in [9.17, 15) is 9.59 Å². The molecule has 8 nitrogen and oxygen atoms in total. The molecule has 30 heavy (non-hydrogen) atoms. The Balaban J connectivity index is 1.47. The molecule has 1 aliphatic heterocycles. The highest BCUT2D eigenvalue weighted by Gasteiger charge is 2.17. The van der Waals surface area contributed by atoms with Gasteiger partial charge < -0.3 is 19.9 Å². The number of thiazole rings is 1. The van der Waals surface area contributed by atoms with E-state index >= 15 is 0 Å². The first kappa shape index (κ1) is 20.1. The molecule has 2 N–H and O–H groups in total. The first-order valence-corrected chi connectivity index (χ1v) is 10.7. The molecule has 0 spiro atoms. The average Bonchev–Trinajstić information content (AvgIpc) is 3.36. The van der Waals surface area contributed by atoms with Gasteiger partial charge in [0.25, 0.3) is 5.91 Å². The molecule has 1 aliphatic rings. The molecule has 0 atom stereocenters. The minimum Gasteiger partial charge on any atom is -0.477 e. The lowest BCUT2D eigenvalue weighted by Gasteiger charge is -2.25. The summed E-state index contributed by atoms with van der Waals surface area (Å²) < 4.78 is 1.89. The highest BCUT2D eigenvalue weighted by atomic mass is 32.1. The number of hydrogen-bond donors (Lipinski definition) is 2. The number of carbonyl (C=O) groups excluding carboxylic acids is 1. The number of rotatable bonds is 6. The number of anilines is 2. The van der Waals surface area contributed by atoms with Gasteiger partial charge in [-0.1, -0.05) is 0 Å². The molecule has 0 radical (unpaired) electrons. The molecule has 3 aromatic heterocycles. The molecule has 3 aromatic rings. The molecular weight excluding hydrogens is 402 g/mol. The maximum absolute atomic E-state index is 12.8. The van der Waals surface area contributed by atoms with Crippen LogP contribution in [0.5, 0.6) is 0 Å². The lowest BCUT2D eigenvalue weighted by molar-refractivity contribution is 0.0690. The van der Waals surface area contributed by atoms with E-state index in [2.05, 4.69) is 20.6 Å². The van der Waals surface area contributed by atoms with Gasteiger partial charge in [0.2, 0.25) is 0 Å². The average molecular weight is 426 g/mol. The normalized spacial score (nSPS) is 14.0. The highest BCUT2D eigenvalue weighted by molar-refractivity contribution is 7.13. The van der Waals surface area contributed by atoms with Crippen molar-refractivity contribution in [1.82, 2.24) is 14.5 Å². The van der Waals surface area contributed by atoms with E-state index in [0.717, 1.165) is 29.5 Å². The molecule has 156 valence electrons. The molecule has 1 amide bonds. The van der Waals surface area contributed by atoms with E-state index in [1.807, 2.05) is 23.8 Å². The van der Waals surface area contributed by atoms with Gasteiger partial charge in [-0.3, -0.25) is 4.79 Å². The molecule has 4 rings (SSSR count). The summed E-state index contributed by atoms with van der Waals surface area (Å²) in [5.41, 5.74) is 2.79. The van der Waals surface area contributed by atoms with Crippen LogP contribution in [0.25, 0.3) is 0 Å². The predicted octanol–water partition coefficient (Wildman–Crippen LogP) is 3.64. The number of hydrogen-bond acceptors (Lipinski definition) is 6. The van der Waals surface area contributed by atoms with Crippen molar-refractivity contribution in [3.8, 4) is 0 Å². The maximum Gasteiger partial charge on any atom is 0.354 e. The fourth-order valence-electron chi connectivity index (χ4n) is 3.54. The highest BCUT2D eigenvalue weighted by Crippen LogP contribution is 2.25. The van der Waals surface area contributed by atoms with Gasteiger partial charge in [0.1, 0.15) is 11.4 Å². The fourth-order valence-corrected chi connectivity index (χ4v) is 4.41. The summed E-state index contributed by atoms with van der Waals surface area (Å²) in [6, 6.07) is 4.71. The first-order chi connectivity index (χ1) is 14.5. The number of amides is 1. The van der Waals surface area contributed by atoms with Gasteiger partial charge in [0, 0.05) is 24.7 Å². The van der Waals surface area contributed by atoms with Gasteiger partial charge in [0.15, 0.2) is 5.13 Å². The van der Waals surface area contributed by atoms with Crippen molar-refractivity contribution in [2.45, 2.75) is 32.7 Å². The van der Waals surface area contributed by atoms with Crippen molar-refractivity contribution < 1.29 is 14.7 Å². The Bertz CT molecular complexity index is 1050. The third-order valence-electron chi connectivity index (χ3n) is 5.00. The third kappa shape index (κ3) is 4.51. The van der Waals surface area contributed by atoms with Gasteiger partial charge in [-0.25, -0.2) is 14.8 Å². The van der Waals surface area contributed by atoms with Crippen molar-refractivity contribution in [3.63, 3.8) is 0 Å². The number of nitrogens with zero attached hydrogens (tertiary/aromatic N) is 4. The minimum atomic E-state index is -1.11. The molecule has 1 fully saturated rings. The molecule has 1 saturated heterocycles. The van der Waals surface area contributed by atoms with E-state index in [4.69, 9.17) is 10.1 Å². The summed E-state index contributed by atoms with van der Waals surface area (Å²) in [5, 5.41) is 14.8. The van der Waals surface area contributed by atoms with Crippen LogP contribution in [0.2, 0.25) is 0 Å². The molecule has 0 aliphatic carbocycles. The summed E-state index contributed by atoms with van der Waals surface area (Å²) in [7, 11) is 0. The predicted molar refractivity (Wildman–Crippen MR) is 116 cm³/mol. The van der Waals surface area contributed by atoms with Crippen LogP contribution in [0.15, 0.2) is 36.0 Å². The smallest absolute Gasteiger partial charge is 0.354 e. The molecular formula is C21H23N5O3S. The largest absolute Gasteiger partial charge is 0.477 e. The Morgan fingerprint density at radius 1 is 1.23 bits per heavy atom. The van der Waals surface area contributed by atoms with E-state index in [-0.39, 0.29) is 11.6 Å². The Kier molecular flexibility index (Phi) is 5.80. The molecule has 0 unspecified atom stereocenters. The van der Waals surface area contributed by atoms with Crippen molar-refractivity contribution >= 4 is 34.0 Å². The summed E-state index contributed by atoms with van der Waals surface area (Å²) in [6.07, 6.45) is 6.97. The van der Waals surface area contributed by atoms with Crippen LogP contribution in [0, 0.1) is 6.92 Å². The number of aryl methyl sites for hydroxylation is 1. The zero-order valence-electron chi connectivity index (χ0n) is 16.7. The lowest BCUT2D eigenvalue weighted by Crippen LogP contribution is -2.29. The van der Waals surface area contributed by atoms with Crippen LogP contribution < -0.4 is 10.2 Å². The summed E-state index contributed by atoms with van der Waals surface area (Å²) in [5.74, 6) is -1.39. The number of nitrogens with one attached hydrogen (secondary N) is 1. The van der Waals surface area contributed by atoms with E-state index in [1.54, 1.807) is 11.3 Å². The SMILES string of the molecule is Cc1cc(C(=O)Nc2ccc(C(=O)O)nc2)n(Cc2csc(N3CCCCC3)n2)c1. The quantitative estimate of drug-likeness (QED) is 0.625. The standard InChI is InChI=1S/C21H23N5O3S/c1-14-9-18(19(27)23-15-5-6-17(20(28)29)22-10-15)26(11-14)12-16-13-30-21(24-16)25-7-3-2-4-8-25/h5-6,9-11,13H,2-4,7-8,12H2,1H3,(H,23,27)(H,28,29). The van der Waals surface area contributed by atoms with Crippen LogP contribution in [-0.4, -0.2) is 44.6 Å². The molecule has 0 saturated carbocycles. The summed E-state index contributed by atoms with van der Waals surface area (Å²) in [6.45, 7) is 4.56. The van der Waals surface area contributed by atoms with E-state index in [0.29, 0.717) is 17.9 Å². The Morgan fingerprint density at radius 2 is 2.03 bits per heavy atom.